The predicted octanol–water partition coefficient (Wildman–Crippen LogP) is 0.928. The first-order valence-electron chi connectivity index (χ1n) is 7.12. The summed E-state index contributed by atoms with van der Waals surface area (Å²) in [6.45, 7) is 3.56. The van der Waals surface area contributed by atoms with Gasteiger partial charge in [0.25, 0.3) is 0 Å². The quantitative estimate of drug-likeness (QED) is 0.862. The number of nitrogens with one attached hydrogen (secondary N) is 1. The highest BCUT2D eigenvalue weighted by atomic mass is 35.5. The minimum Gasteiger partial charge on any atom is -0.368 e. The van der Waals surface area contributed by atoms with Gasteiger partial charge in [-0.25, -0.2) is 8.42 Å². The zero-order valence-electron chi connectivity index (χ0n) is 12.5. The molecule has 0 atom stereocenters. The van der Waals surface area contributed by atoms with E-state index in [1.165, 1.54) is 11.2 Å². The molecule has 0 aromatic heterocycles. The number of halogens is 1. The highest BCUT2D eigenvalue weighted by Gasteiger charge is 2.27. The van der Waals surface area contributed by atoms with Crippen molar-refractivity contribution in [3.63, 3.8) is 0 Å². The normalized spacial score (nSPS) is 16.5. The van der Waals surface area contributed by atoms with Gasteiger partial charge in [-0.1, -0.05) is 23.7 Å². The van der Waals surface area contributed by atoms with Crippen molar-refractivity contribution in [3.8, 4) is 0 Å². The summed E-state index contributed by atoms with van der Waals surface area (Å²) in [6, 6.07) is 7.54. The van der Waals surface area contributed by atoms with Crippen LogP contribution in [-0.4, -0.2) is 57.1 Å². The van der Waals surface area contributed by atoms with Gasteiger partial charge in [-0.2, -0.15) is 4.31 Å². The fourth-order valence-corrected chi connectivity index (χ4v) is 3.99. The molecule has 1 N–H and O–H groups in total. The Morgan fingerprint density at radius 3 is 2.45 bits per heavy atom. The highest BCUT2D eigenvalue weighted by molar-refractivity contribution is 7.89. The maximum Gasteiger partial charge on any atom is 0.216 e. The van der Waals surface area contributed by atoms with Crippen LogP contribution < -0.4 is 10.2 Å². The zero-order valence-corrected chi connectivity index (χ0v) is 14.0. The van der Waals surface area contributed by atoms with Crippen LogP contribution in [0.3, 0.4) is 0 Å². The van der Waals surface area contributed by atoms with Gasteiger partial charge in [-0.3, -0.25) is 4.79 Å². The van der Waals surface area contributed by atoms with E-state index in [1.54, 1.807) is 0 Å². The van der Waals surface area contributed by atoms with E-state index >= 15 is 0 Å². The average molecular weight is 346 g/mol. The molecule has 0 saturated carbocycles. The van der Waals surface area contributed by atoms with E-state index in [0.29, 0.717) is 31.2 Å². The molecule has 0 aliphatic carbocycles. The van der Waals surface area contributed by atoms with Crippen LogP contribution in [0.15, 0.2) is 24.3 Å². The highest BCUT2D eigenvalue weighted by Crippen LogP contribution is 2.26. The Morgan fingerprint density at radius 2 is 1.86 bits per heavy atom. The van der Waals surface area contributed by atoms with Crippen LogP contribution in [0.2, 0.25) is 5.02 Å². The Kier molecular flexibility index (Phi) is 5.66. The first kappa shape index (κ1) is 17.1. The molecule has 8 heteroatoms. The minimum absolute atomic E-state index is 0.0708. The van der Waals surface area contributed by atoms with E-state index in [4.69, 9.17) is 11.6 Å². The van der Waals surface area contributed by atoms with Gasteiger partial charge < -0.3 is 10.2 Å². The topological polar surface area (TPSA) is 69.7 Å². The summed E-state index contributed by atoms with van der Waals surface area (Å²) < 4.78 is 25.9. The minimum atomic E-state index is -3.34. The van der Waals surface area contributed by atoms with E-state index in [9.17, 15) is 13.2 Å². The van der Waals surface area contributed by atoms with Crippen LogP contribution in [0, 0.1) is 0 Å². The van der Waals surface area contributed by atoms with Crippen molar-refractivity contribution >= 4 is 33.2 Å². The number of sulfonamides is 1. The molecule has 1 fully saturated rings. The van der Waals surface area contributed by atoms with Gasteiger partial charge in [0.1, 0.15) is 0 Å². The Labute approximate surface area is 136 Å². The number of hydrogen-bond acceptors (Lipinski definition) is 4. The molecule has 2 rings (SSSR count). The van der Waals surface area contributed by atoms with Crippen molar-refractivity contribution < 1.29 is 13.2 Å². The molecule has 1 heterocycles. The number of carbonyl (C=O) groups excluding carboxylic acids is 1. The smallest absolute Gasteiger partial charge is 0.216 e. The van der Waals surface area contributed by atoms with Gasteiger partial charge in [-0.05, 0) is 12.1 Å². The van der Waals surface area contributed by atoms with E-state index in [2.05, 4.69) is 10.2 Å². The summed E-state index contributed by atoms with van der Waals surface area (Å²) in [5.41, 5.74) is 0.930. The van der Waals surface area contributed by atoms with Crippen molar-refractivity contribution in [2.24, 2.45) is 0 Å². The molecule has 1 aliphatic rings. The number of hydrogen-bond donors (Lipinski definition) is 1. The molecule has 0 radical (unpaired) electrons. The second-order valence-electron chi connectivity index (χ2n) is 5.14. The molecular weight excluding hydrogens is 326 g/mol. The number of para-hydroxylation sites is 1. The zero-order chi connectivity index (χ0) is 16.2. The SMILES string of the molecule is CC(=O)NCCS(=O)(=O)N1CCN(c2ccccc2Cl)CC1. The molecule has 6 nitrogen and oxygen atoms in total. The predicted molar refractivity (Wildman–Crippen MR) is 87.7 cm³/mol. The first-order chi connectivity index (χ1) is 10.4. The van der Waals surface area contributed by atoms with E-state index in [1.807, 2.05) is 24.3 Å². The molecule has 0 bridgehead atoms. The Hall–Kier alpha value is -1.31. The second kappa shape index (κ2) is 7.30. The summed E-state index contributed by atoms with van der Waals surface area (Å²) in [5.74, 6) is -0.294. The maximum atomic E-state index is 12.2. The first-order valence-corrected chi connectivity index (χ1v) is 9.10. The number of anilines is 1. The van der Waals surface area contributed by atoms with Crippen LogP contribution >= 0.6 is 11.6 Å². The van der Waals surface area contributed by atoms with E-state index < -0.39 is 10.0 Å². The van der Waals surface area contributed by atoms with Crippen LogP contribution in [-0.2, 0) is 14.8 Å². The Bertz CT molecular complexity index is 628. The number of amides is 1. The molecule has 1 aliphatic heterocycles. The maximum absolute atomic E-state index is 12.2. The standard InChI is InChI=1S/C14H20ClN3O3S/c1-12(19)16-6-11-22(20,21)18-9-7-17(8-10-18)14-5-3-2-4-13(14)15/h2-5H,6-11H2,1H3,(H,16,19). The van der Waals surface area contributed by atoms with Crippen LogP contribution in [0.1, 0.15) is 6.92 Å². The molecule has 1 aromatic carbocycles. The number of piperazine rings is 1. The Morgan fingerprint density at radius 1 is 1.23 bits per heavy atom. The lowest BCUT2D eigenvalue weighted by atomic mass is 10.2. The third kappa shape index (κ3) is 4.34. The third-order valence-corrected chi connectivity index (χ3v) is 5.75. The van der Waals surface area contributed by atoms with Crippen LogP contribution in [0.5, 0.6) is 0 Å². The van der Waals surface area contributed by atoms with Crippen molar-refractivity contribution in [1.29, 1.82) is 0 Å². The van der Waals surface area contributed by atoms with Crippen LogP contribution in [0.25, 0.3) is 0 Å². The van der Waals surface area contributed by atoms with Gasteiger partial charge in [0.15, 0.2) is 0 Å². The number of nitrogens with zero attached hydrogens (tertiary/aromatic N) is 2. The van der Waals surface area contributed by atoms with Crippen molar-refractivity contribution in [2.75, 3.05) is 43.4 Å². The third-order valence-electron chi connectivity index (χ3n) is 3.56. The molecule has 1 amide bonds. The lowest BCUT2D eigenvalue weighted by molar-refractivity contribution is -0.118. The number of benzene rings is 1. The second-order valence-corrected chi connectivity index (χ2v) is 7.63. The molecule has 0 spiro atoms. The monoisotopic (exact) mass is 345 g/mol. The average Bonchev–Trinajstić information content (AvgIpc) is 2.47. The van der Waals surface area contributed by atoms with Gasteiger partial charge in [0.2, 0.25) is 15.9 Å². The van der Waals surface area contributed by atoms with Gasteiger partial charge in [0, 0.05) is 39.6 Å². The molecule has 122 valence electrons. The lowest BCUT2D eigenvalue weighted by Crippen LogP contribution is -2.50. The summed E-state index contributed by atoms with van der Waals surface area (Å²) in [7, 11) is -3.34. The molecule has 1 aromatic rings. The van der Waals surface area contributed by atoms with Crippen molar-refractivity contribution in [1.82, 2.24) is 9.62 Å². The van der Waals surface area contributed by atoms with E-state index in [0.717, 1.165) is 5.69 Å². The fraction of sp³-hybridized carbons (Fsp3) is 0.500. The largest absolute Gasteiger partial charge is 0.368 e. The fourth-order valence-electron chi connectivity index (χ4n) is 2.40. The van der Waals surface area contributed by atoms with Gasteiger partial charge >= 0.3 is 0 Å². The summed E-state index contributed by atoms with van der Waals surface area (Å²) >= 11 is 6.17. The van der Waals surface area contributed by atoms with Gasteiger partial charge in [-0.15, -0.1) is 0 Å². The van der Waals surface area contributed by atoms with Gasteiger partial charge in [0.05, 0.1) is 16.5 Å². The number of carbonyl (C=O) groups is 1. The molecular formula is C14H20ClN3O3S. The summed E-state index contributed by atoms with van der Waals surface area (Å²) in [6.07, 6.45) is 0. The van der Waals surface area contributed by atoms with Crippen molar-refractivity contribution in [3.05, 3.63) is 29.3 Å². The molecule has 1 saturated heterocycles. The van der Waals surface area contributed by atoms with Crippen LogP contribution in [0.4, 0.5) is 5.69 Å². The lowest BCUT2D eigenvalue weighted by Gasteiger charge is -2.35. The number of rotatable bonds is 5. The molecule has 22 heavy (non-hydrogen) atoms. The Balaban J connectivity index is 1.91. The van der Waals surface area contributed by atoms with E-state index in [-0.39, 0.29) is 18.2 Å². The van der Waals surface area contributed by atoms with Crippen molar-refractivity contribution in [2.45, 2.75) is 6.92 Å². The summed E-state index contributed by atoms with van der Waals surface area (Å²) in [4.78, 5) is 12.9. The summed E-state index contributed by atoms with van der Waals surface area (Å²) in [5, 5.41) is 3.18. The molecule has 0 unspecified atom stereocenters.